The van der Waals surface area contributed by atoms with E-state index in [1.807, 2.05) is 14.0 Å². The average Bonchev–Trinajstić information content (AvgIpc) is 2.72. The zero-order valence-electron chi connectivity index (χ0n) is 12.1. The lowest BCUT2D eigenvalue weighted by Crippen LogP contribution is -2.55. The second-order valence-electron chi connectivity index (χ2n) is 5.92. The molecule has 5 nitrogen and oxygen atoms in total. The highest BCUT2D eigenvalue weighted by Crippen LogP contribution is 2.31. The molecule has 1 fully saturated rings. The fraction of sp³-hybridized carbons (Fsp3) is 0.714. The Kier molecular flexibility index (Phi) is 3.94. The Labute approximate surface area is 114 Å². The van der Waals surface area contributed by atoms with Crippen LogP contribution in [-0.4, -0.2) is 27.8 Å². The van der Waals surface area contributed by atoms with Crippen molar-refractivity contribution in [2.45, 2.75) is 45.1 Å². The molecule has 0 aromatic carbocycles. The predicted molar refractivity (Wildman–Crippen MR) is 74.8 cm³/mol. The van der Waals surface area contributed by atoms with Gasteiger partial charge in [0.25, 0.3) is 5.91 Å². The summed E-state index contributed by atoms with van der Waals surface area (Å²) < 4.78 is 1.67. The van der Waals surface area contributed by atoms with Crippen LogP contribution in [0.3, 0.4) is 0 Å². The Balaban J connectivity index is 2.10. The Morgan fingerprint density at radius 3 is 2.68 bits per heavy atom. The number of aromatic nitrogens is 2. The van der Waals surface area contributed by atoms with Gasteiger partial charge in [-0.25, -0.2) is 0 Å². The van der Waals surface area contributed by atoms with Crippen LogP contribution in [0.5, 0.6) is 0 Å². The number of aryl methyl sites for hydroxylation is 2. The maximum absolute atomic E-state index is 12.4. The number of nitrogens with zero attached hydrogens (tertiary/aromatic N) is 2. The van der Waals surface area contributed by atoms with Gasteiger partial charge in [-0.15, -0.1) is 0 Å². The van der Waals surface area contributed by atoms with Crippen LogP contribution >= 0.6 is 0 Å². The summed E-state index contributed by atoms with van der Waals surface area (Å²) >= 11 is 0. The van der Waals surface area contributed by atoms with Gasteiger partial charge in [-0.1, -0.05) is 6.92 Å². The molecule has 1 aliphatic carbocycles. The number of rotatable bonds is 3. The van der Waals surface area contributed by atoms with Crippen LogP contribution in [0.15, 0.2) is 6.20 Å². The van der Waals surface area contributed by atoms with Gasteiger partial charge in [-0.2, -0.15) is 5.10 Å². The largest absolute Gasteiger partial charge is 0.345 e. The van der Waals surface area contributed by atoms with E-state index in [0.717, 1.165) is 37.3 Å². The van der Waals surface area contributed by atoms with Crippen molar-refractivity contribution in [1.82, 2.24) is 15.1 Å². The van der Waals surface area contributed by atoms with Gasteiger partial charge in [0.05, 0.1) is 16.8 Å². The molecule has 1 aliphatic rings. The quantitative estimate of drug-likeness (QED) is 0.866. The number of carbonyl (C=O) groups is 1. The molecular formula is C14H24N4O. The molecule has 0 spiro atoms. The lowest BCUT2D eigenvalue weighted by Gasteiger charge is -2.39. The van der Waals surface area contributed by atoms with Crippen molar-refractivity contribution in [2.75, 3.05) is 6.54 Å². The first-order valence-electron chi connectivity index (χ1n) is 6.98. The van der Waals surface area contributed by atoms with E-state index in [9.17, 15) is 4.79 Å². The number of hydrogen-bond donors (Lipinski definition) is 2. The fourth-order valence-electron chi connectivity index (χ4n) is 2.83. The number of amides is 1. The van der Waals surface area contributed by atoms with E-state index >= 15 is 0 Å². The van der Waals surface area contributed by atoms with Crippen molar-refractivity contribution in [3.63, 3.8) is 0 Å². The molecule has 1 amide bonds. The van der Waals surface area contributed by atoms with Crippen molar-refractivity contribution < 1.29 is 4.79 Å². The number of hydrogen-bond acceptors (Lipinski definition) is 3. The fourth-order valence-corrected chi connectivity index (χ4v) is 2.83. The van der Waals surface area contributed by atoms with Crippen LogP contribution in [0.2, 0.25) is 0 Å². The zero-order valence-corrected chi connectivity index (χ0v) is 12.1. The molecule has 19 heavy (non-hydrogen) atoms. The Morgan fingerprint density at radius 1 is 1.58 bits per heavy atom. The second-order valence-corrected chi connectivity index (χ2v) is 5.92. The first kappa shape index (κ1) is 14.1. The van der Waals surface area contributed by atoms with Gasteiger partial charge in [0, 0.05) is 19.8 Å². The third-order valence-electron chi connectivity index (χ3n) is 4.26. The molecule has 5 heteroatoms. The van der Waals surface area contributed by atoms with Crippen molar-refractivity contribution in [2.24, 2.45) is 18.7 Å². The van der Waals surface area contributed by atoms with Gasteiger partial charge in [0.15, 0.2) is 0 Å². The molecule has 1 aromatic rings. The Morgan fingerprint density at radius 2 is 2.21 bits per heavy atom. The molecule has 0 saturated heterocycles. The van der Waals surface area contributed by atoms with Crippen LogP contribution in [0.4, 0.5) is 0 Å². The van der Waals surface area contributed by atoms with Gasteiger partial charge < -0.3 is 11.1 Å². The van der Waals surface area contributed by atoms with E-state index in [1.165, 1.54) is 0 Å². The Bertz CT molecular complexity index is 458. The third-order valence-corrected chi connectivity index (χ3v) is 4.26. The van der Waals surface area contributed by atoms with E-state index in [1.54, 1.807) is 10.9 Å². The highest BCUT2D eigenvalue weighted by atomic mass is 16.1. The van der Waals surface area contributed by atoms with Crippen LogP contribution < -0.4 is 11.1 Å². The third kappa shape index (κ3) is 2.97. The van der Waals surface area contributed by atoms with Gasteiger partial charge >= 0.3 is 0 Å². The highest BCUT2D eigenvalue weighted by Gasteiger charge is 2.35. The number of carbonyl (C=O) groups excluding carboxylic acids is 1. The monoisotopic (exact) mass is 264 g/mol. The molecule has 1 heterocycles. The molecule has 0 bridgehead atoms. The molecule has 1 saturated carbocycles. The smallest absolute Gasteiger partial charge is 0.255 e. The molecule has 0 atom stereocenters. The average molecular weight is 264 g/mol. The summed E-state index contributed by atoms with van der Waals surface area (Å²) in [5, 5.41) is 7.37. The summed E-state index contributed by atoms with van der Waals surface area (Å²) in [5.41, 5.74) is 7.10. The molecule has 0 aliphatic heterocycles. The van der Waals surface area contributed by atoms with Crippen LogP contribution in [0.25, 0.3) is 0 Å². The molecule has 0 radical (unpaired) electrons. The summed E-state index contributed by atoms with van der Waals surface area (Å²) in [6, 6.07) is 0. The van der Waals surface area contributed by atoms with E-state index in [0.29, 0.717) is 12.1 Å². The van der Waals surface area contributed by atoms with Gasteiger partial charge in [0.1, 0.15) is 0 Å². The zero-order chi connectivity index (χ0) is 14.0. The first-order valence-corrected chi connectivity index (χ1v) is 6.98. The molecule has 1 aromatic heterocycles. The van der Waals surface area contributed by atoms with Crippen LogP contribution in [0, 0.1) is 12.8 Å². The molecule has 3 N–H and O–H groups in total. The minimum Gasteiger partial charge on any atom is -0.345 e. The summed E-state index contributed by atoms with van der Waals surface area (Å²) in [4.78, 5) is 12.4. The SMILES string of the molecule is Cc1nn(C)cc1C(=O)NC1(CN)CCC(C)CC1. The number of nitrogens with two attached hydrogens (primary N) is 1. The minimum absolute atomic E-state index is 0.0504. The molecule has 106 valence electrons. The normalized spacial score (nSPS) is 27.3. The lowest BCUT2D eigenvalue weighted by molar-refractivity contribution is 0.0859. The first-order chi connectivity index (χ1) is 8.96. The van der Waals surface area contributed by atoms with E-state index in [2.05, 4.69) is 17.3 Å². The van der Waals surface area contributed by atoms with Gasteiger partial charge in [-0.3, -0.25) is 9.48 Å². The summed E-state index contributed by atoms with van der Waals surface area (Å²) in [5.74, 6) is 0.683. The van der Waals surface area contributed by atoms with Crippen molar-refractivity contribution in [3.8, 4) is 0 Å². The van der Waals surface area contributed by atoms with Crippen LogP contribution in [-0.2, 0) is 7.05 Å². The van der Waals surface area contributed by atoms with Gasteiger partial charge in [0.2, 0.25) is 0 Å². The standard InChI is InChI=1S/C14H24N4O/c1-10-4-6-14(9-15,7-5-10)16-13(19)12-8-18(3)17-11(12)2/h8,10H,4-7,9,15H2,1-3H3,(H,16,19). The van der Waals surface area contributed by atoms with E-state index in [-0.39, 0.29) is 11.4 Å². The van der Waals surface area contributed by atoms with E-state index in [4.69, 9.17) is 5.73 Å². The topological polar surface area (TPSA) is 72.9 Å². The Hall–Kier alpha value is -1.36. The molecule has 0 unspecified atom stereocenters. The lowest BCUT2D eigenvalue weighted by atomic mass is 9.77. The van der Waals surface area contributed by atoms with Gasteiger partial charge in [-0.05, 0) is 38.5 Å². The van der Waals surface area contributed by atoms with Crippen molar-refractivity contribution in [1.29, 1.82) is 0 Å². The predicted octanol–water partition coefficient (Wildman–Crippen LogP) is 1.37. The maximum Gasteiger partial charge on any atom is 0.255 e. The number of nitrogens with one attached hydrogen (secondary N) is 1. The summed E-state index contributed by atoms with van der Waals surface area (Å²) in [6.07, 6.45) is 5.96. The molecule has 2 rings (SSSR count). The summed E-state index contributed by atoms with van der Waals surface area (Å²) in [6.45, 7) is 4.62. The second kappa shape index (κ2) is 5.33. The highest BCUT2D eigenvalue weighted by molar-refractivity contribution is 5.95. The molecular weight excluding hydrogens is 240 g/mol. The maximum atomic E-state index is 12.4. The minimum atomic E-state index is -0.230. The van der Waals surface area contributed by atoms with E-state index < -0.39 is 0 Å². The van der Waals surface area contributed by atoms with Crippen molar-refractivity contribution in [3.05, 3.63) is 17.5 Å². The van der Waals surface area contributed by atoms with Crippen LogP contribution in [0.1, 0.15) is 48.7 Å². The van der Waals surface area contributed by atoms with Crippen molar-refractivity contribution >= 4 is 5.91 Å². The summed E-state index contributed by atoms with van der Waals surface area (Å²) in [7, 11) is 1.82.